The van der Waals surface area contributed by atoms with Crippen molar-refractivity contribution < 1.29 is 9.53 Å². The number of ether oxygens (including phenoxy) is 1. The maximum atomic E-state index is 11.9. The van der Waals surface area contributed by atoms with Crippen LogP contribution < -0.4 is 11.1 Å². The Morgan fingerprint density at radius 3 is 3.00 bits per heavy atom. The Balaban J connectivity index is 2.07. The third-order valence-electron chi connectivity index (χ3n) is 2.92. The van der Waals surface area contributed by atoms with Crippen molar-refractivity contribution in [3.63, 3.8) is 0 Å². The lowest BCUT2D eigenvalue weighted by molar-refractivity contribution is -0.121. The van der Waals surface area contributed by atoms with Crippen LogP contribution in [0.1, 0.15) is 13.3 Å². The Morgan fingerprint density at radius 2 is 2.50 bits per heavy atom. The van der Waals surface area contributed by atoms with Gasteiger partial charge >= 0.3 is 0 Å². The van der Waals surface area contributed by atoms with Crippen LogP contribution in [0.3, 0.4) is 0 Å². The van der Waals surface area contributed by atoms with Gasteiger partial charge in [-0.15, -0.1) is 0 Å². The fourth-order valence-corrected chi connectivity index (χ4v) is 1.89. The van der Waals surface area contributed by atoms with E-state index >= 15 is 0 Å². The number of hydrogen-bond donors (Lipinski definition) is 2. The smallest absolute Gasteiger partial charge is 0.231 e. The molecule has 3 N–H and O–H groups in total. The summed E-state index contributed by atoms with van der Waals surface area (Å²) in [5, 5.41) is 6.75. The molecule has 0 spiro atoms. The summed E-state index contributed by atoms with van der Waals surface area (Å²) in [6.07, 6.45) is 2.24. The highest BCUT2D eigenvalue weighted by atomic mass is 16.5. The van der Waals surface area contributed by atoms with E-state index in [2.05, 4.69) is 10.4 Å². The molecule has 0 bridgehead atoms. The number of nitrogens with one attached hydrogen (secondary N) is 1. The first-order valence-electron chi connectivity index (χ1n) is 5.29. The molecule has 1 amide bonds. The van der Waals surface area contributed by atoms with Crippen LogP contribution in [-0.2, 0) is 16.6 Å². The van der Waals surface area contributed by atoms with Gasteiger partial charge in [-0.2, -0.15) is 5.10 Å². The van der Waals surface area contributed by atoms with Gasteiger partial charge in [-0.25, -0.2) is 0 Å². The first kappa shape index (κ1) is 10.9. The number of aromatic nitrogens is 2. The zero-order chi connectivity index (χ0) is 11.7. The Labute approximate surface area is 93.8 Å². The molecular formula is C10H16N4O2. The summed E-state index contributed by atoms with van der Waals surface area (Å²) in [5.41, 5.74) is 6.17. The lowest BCUT2D eigenvalue weighted by atomic mass is 10.0. The monoisotopic (exact) mass is 224 g/mol. The second-order valence-corrected chi connectivity index (χ2v) is 4.03. The molecule has 1 fully saturated rings. The Hall–Kier alpha value is -1.56. The molecule has 0 aromatic carbocycles. The molecule has 0 radical (unpaired) electrons. The van der Waals surface area contributed by atoms with Crippen LogP contribution in [0.15, 0.2) is 6.20 Å². The van der Waals surface area contributed by atoms with Crippen LogP contribution >= 0.6 is 0 Å². The van der Waals surface area contributed by atoms with Gasteiger partial charge in [0.2, 0.25) is 5.91 Å². The maximum absolute atomic E-state index is 11.9. The van der Waals surface area contributed by atoms with Crippen LogP contribution in [-0.4, -0.2) is 28.4 Å². The minimum atomic E-state index is -0.103. The first-order valence-corrected chi connectivity index (χ1v) is 5.29. The number of nitrogens with zero attached hydrogens (tertiary/aromatic N) is 2. The first-order chi connectivity index (χ1) is 7.59. The van der Waals surface area contributed by atoms with Gasteiger partial charge in [0.15, 0.2) is 5.82 Å². The van der Waals surface area contributed by atoms with E-state index in [1.54, 1.807) is 11.7 Å². The topological polar surface area (TPSA) is 82.2 Å². The van der Waals surface area contributed by atoms with Crippen molar-refractivity contribution in [3.8, 4) is 0 Å². The van der Waals surface area contributed by atoms with Crippen molar-refractivity contribution in [2.24, 2.45) is 13.0 Å². The minimum Gasteiger partial charge on any atom is -0.394 e. The normalized spacial score (nSPS) is 24.6. The van der Waals surface area contributed by atoms with Gasteiger partial charge in [0.1, 0.15) is 0 Å². The van der Waals surface area contributed by atoms with E-state index in [-0.39, 0.29) is 17.9 Å². The standard InChI is InChI=1S/C10H16N4O2/c1-6-7(3-4-16-6)10(15)13-9-8(11)5-12-14(9)2/h5-7H,3-4,11H2,1-2H3,(H,13,15). The lowest BCUT2D eigenvalue weighted by Gasteiger charge is -2.14. The summed E-state index contributed by atoms with van der Waals surface area (Å²) >= 11 is 0. The van der Waals surface area contributed by atoms with E-state index in [1.165, 1.54) is 6.20 Å². The Morgan fingerprint density at radius 1 is 1.75 bits per heavy atom. The molecule has 2 heterocycles. The van der Waals surface area contributed by atoms with Crippen molar-refractivity contribution in [1.29, 1.82) is 0 Å². The molecule has 6 nitrogen and oxygen atoms in total. The predicted octanol–water partition coefficient (Wildman–Crippen LogP) is 0.366. The molecule has 88 valence electrons. The zero-order valence-corrected chi connectivity index (χ0v) is 9.43. The van der Waals surface area contributed by atoms with Crippen molar-refractivity contribution in [3.05, 3.63) is 6.20 Å². The van der Waals surface area contributed by atoms with E-state index < -0.39 is 0 Å². The summed E-state index contributed by atoms with van der Waals surface area (Å²) in [7, 11) is 1.74. The third-order valence-corrected chi connectivity index (χ3v) is 2.92. The van der Waals surface area contributed by atoms with Gasteiger partial charge in [-0.05, 0) is 13.3 Å². The highest BCUT2D eigenvalue weighted by Crippen LogP contribution is 2.23. The molecule has 1 aromatic rings. The summed E-state index contributed by atoms with van der Waals surface area (Å²) < 4.78 is 6.90. The molecule has 2 rings (SSSR count). The summed E-state index contributed by atoms with van der Waals surface area (Å²) in [5.74, 6) is 0.388. The lowest BCUT2D eigenvalue weighted by Crippen LogP contribution is -2.28. The van der Waals surface area contributed by atoms with Crippen LogP contribution in [0, 0.1) is 5.92 Å². The molecular weight excluding hydrogens is 208 g/mol. The number of nitrogens with two attached hydrogens (primary N) is 1. The van der Waals surface area contributed by atoms with Crippen LogP contribution in [0.5, 0.6) is 0 Å². The van der Waals surface area contributed by atoms with Gasteiger partial charge < -0.3 is 15.8 Å². The van der Waals surface area contributed by atoms with E-state index in [0.29, 0.717) is 18.1 Å². The predicted molar refractivity (Wildman–Crippen MR) is 59.8 cm³/mol. The van der Waals surface area contributed by atoms with Crippen molar-refractivity contribution >= 4 is 17.4 Å². The molecule has 2 unspecified atom stereocenters. The highest BCUT2D eigenvalue weighted by molar-refractivity contribution is 5.94. The number of aryl methyl sites for hydroxylation is 1. The maximum Gasteiger partial charge on any atom is 0.231 e. The second-order valence-electron chi connectivity index (χ2n) is 4.03. The molecule has 1 saturated heterocycles. The van der Waals surface area contributed by atoms with Crippen molar-refractivity contribution in [2.75, 3.05) is 17.7 Å². The molecule has 1 aliphatic heterocycles. The number of carbonyl (C=O) groups is 1. The molecule has 16 heavy (non-hydrogen) atoms. The van der Waals surface area contributed by atoms with Crippen LogP contribution in [0.2, 0.25) is 0 Å². The average molecular weight is 224 g/mol. The Bertz CT molecular complexity index is 382. The molecule has 2 atom stereocenters. The Kier molecular flexibility index (Phi) is 2.82. The van der Waals surface area contributed by atoms with Crippen LogP contribution in [0.4, 0.5) is 11.5 Å². The summed E-state index contributed by atoms with van der Waals surface area (Å²) in [6.45, 7) is 2.55. The largest absolute Gasteiger partial charge is 0.394 e. The van der Waals surface area contributed by atoms with Crippen molar-refractivity contribution in [2.45, 2.75) is 19.4 Å². The van der Waals surface area contributed by atoms with Gasteiger partial charge in [0.25, 0.3) is 0 Å². The van der Waals surface area contributed by atoms with E-state index in [4.69, 9.17) is 10.5 Å². The average Bonchev–Trinajstić information content (AvgIpc) is 2.79. The van der Waals surface area contributed by atoms with Crippen LogP contribution in [0.25, 0.3) is 0 Å². The van der Waals surface area contributed by atoms with Gasteiger partial charge in [-0.3, -0.25) is 9.48 Å². The fraction of sp³-hybridized carbons (Fsp3) is 0.600. The number of amides is 1. The number of nitrogen functional groups attached to an aromatic ring is 1. The molecule has 1 aliphatic rings. The summed E-state index contributed by atoms with van der Waals surface area (Å²) in [4.78, 5) is 11.9. The zero-order valence-electron chi connectivity index (χ0n) is 9.43. The third kappa shape index (κ3) is 1.88. The summed E-state index contributed by atoms with van der Waals surface area (Å²) in [6, 6.07) is 0. The SMILES string of the molecule is CC1OCCC1C(=O)Nc1c(N)cnn1C. The van der Waals surface area contributed by atoms with E-state index in [0.717, 1.165) is 6.42 Å². The van der Waals surface area contributed by atoms with E-state index in [1.807, 2.05) is 6.92 Å². The second kappa shape index (κ2) is 4.13. The quantitative estimate of drug-likeness (QED) is 0.760. The number of hydrogen-bond acceptors (Lipinski definition) is 4. The number of carbonyl (C=O) groups excluding carboxylic acids is 1. The van der Waals surface area contributed by atoms with E-state index in [9.17, 15) is 4.79 Å². The molecule has 0 saturated carbocycles. The number of anilines is 2. The minimum absolute atomic E-state index is 0.0329. The van der Waals surface area contributed by atoms with Gasteiger partial charge in [0.05, 0.1) is 23.9 Å². The molecule has 1 aromatic heterocycles. The fourth-order valence-electron chi connectivity index (χ4n) is 1.89. The van der Waals surface area contributed by atoms with Gasteiger partial charge in [-0.1, -0.05) is 0 Å². The van der Waals surface area contributed by atoms with Crippen molar-refractivity contribution in [1.82, 2.24) is 9.78 Å². The molecule has 0 aliphatic carbocycles. The number of rotatable bonds is 2. The van der Waals surface area contributed by atoms with Gasteiger partial charge in [0, 0.05) is 13.7 Å². The highest BCUT2D eigenvalue weighted by Gasteiger charge is 2.31. The molecule has 6 heteroatoms.